The quantitative estimate of drug-likeness (QED) is 0.828. The maximum Gasteiger partial charge on any atom is 0.261 e. The number of fused-ring (bicyclic) bond motifs is 1. The van der Waals surface area contributed by atoms with Gasteiger partial charge in [0.15, 0.2) is 5.78 Å². The highest BCUT2D eigenvalue weighted by Crippen LogP contribution is 2.18. The molecule has 1 heterocycles. The zero-order valence-corrected chi connectivity index (χ0v) is 13.4. The van der Waals surface area contributed by atoms with Crippen molar-refractivity contribution in [1.29, 1.82) is 0 Å². The number of nitrogens with one attached hydrogen (secondary N) is 2. The highest BCUT2D eigenvalue weighted by atomic mass is 16.2. The Morgan fingerprint density at radius 1 is 1.12 bits per heavy atom. The van der Waals surface area contributed by atoms with Crippen molar-refractivity contribution in [3.63, 3.8) is 0 Å². The molecule has 0 saturated heterocycles. The average molecular weight is 324 g/mol. The third-order valence-corrected chi connectivity index (χ3v) is 4.27. The summed E-state index contributed by atoms with van der Waals surface area (Å²) in [6.07, 6.45) is 3.54. The number of aromatic amines is 1. The van der Waals surface area contributed by atoms with E-state index in [4.69, 9.17) is 0 Å². The van der Waals surface area contributed by atoms with Crippen molar-refractivity contribution in [2.45, 2.75) is 32.1 Å². The summed E-state index contributed by atoms with van der Waals surface area (Å²) in [7, 11) is 0. The van der Waals surface area contributed by atoms with Gasteiger partial charge in [0.25, 0.3) is 11.5 Å². The fraction of sp³-hybridized carbons (Fsp3) is 0.316. The van der Waals surface area contributed by atoms with Gasteiger partial charge in [0.05, 0.1) is 0 Å². The van der Waals surface area contributed by atoms with E-state index in [1.165, 1.54) is 11.6 Å². The van der Waals surface area contributed by atoms with E-state index in [2.05, 4.69) is 10.3 Å². The van der Waals surface area contributed by atoms with Crippen LogP contribution in [0.4, 0.5) is 0 Å². The average Bonchev–Trinajstić information content (AvgIpc) is 2.59. The second-order valence-electron chi connectivity index (χ2n) is 6.03. The van der Waals surface area contributed by atoms with Crippen LogP contribution in [0.5, 0.6) is 0 Å². The maximum atomic E-state index is 12.2. The first-order chi connectivity index (χ1) is 11.6. The van der Waals surface area contributed by atoms with Crippen molar-refractivity contribution in [2.75, 3.05) is 6.54 Å². The molecule has 0 aliphatic heterocycles. The van der Waals surface area contributed by atoms with E-state index in [0.29, 0.717) is 30.6 Å². The number of aryl methyl sites for hydroxylation is 2. The van der Waals surface area contributed by atoms with Crippen molar-refractivity contribution in [3.05, 3.63) is 69.1 Å². The summed E-state index contributed by atoms with van der Waals surface area (Å²) in [6, 6.07) is 11.5. The number of Topliss-reactive ketones (excluding diaryl/α,β-unsaturated/α-hetero) is 1. The first-order valence-corrected chi connectivity index (χ1v) is 8.26. The molecule has 0 radical (unpaired) electrons. The third-order valence-electron chi connectivity index (χ3n) is 4.27. The van der Waals surface area contributed by atoms with Crippen LogP contribution in [0.25, 0.3) is 0 Å². The summed E-state index contributed by atoms with van der Waals surface area (Å²) in [5.74, 6) is -0.434. The van der Waals surface area contributed by atoms with E-state index in [9.17, 15) is 14.4 Å². The standard InChI is InChI=1S/C19H20N2O3/c22-17-10-4-9-16-14(17)12-15(19(24)21-16)18(23)20-11-5-8-13-6-2-1-3-7-13/h1-3,6-7,12H,4-5,8-11H2,(H,20,23)(H,21,24). The number of hydrogen-bond donors (Lipinski definition) is 2. The lowest BCUT2D eigenvalue weighted by Crippen LogP contribution is -2.32. The van der Waals surface area contributed by atoms with Crippen LogP contribution in [0.15, 0.2) is 41.2 Å². The molecule has 5 heteroatoms. The Labute approximate surface area is 140 Å². The van der Waals surface area contributed by atoms with Crippen molar-refractivity contribution >= 4 is 11.7 Å². The Morgan fingerprint density at radius 2 is 1.92 bits per heavy atom. The summed E-state index contributed by atoms with van der Waals surface area (Å²) < 4.78 is 0. The van der Waals surface area contributed by atoms with Crippen LogP contribution in [0, 0.1) is 0 Å². The fourth-order valence-corrected chi connectivity index (χ4v) is 2.98. The van der Waals surface area contributed by atoms with Crippen LogP contribution in [0.1, 0.15) is 51.2 Å². The van der Waals surface area contributed by atoms with E-state index >= 15 is 0 Å². The van der Waals surface area contributed by atoms with Crippen LogP contribution in [-0.4, -0.2) is 23.2 Å². The largest absolute Gasteiger partial charge is 0.352 e. The molecule has 2 N–H and O–H groups in total. The second-order valence-corrected chi connectivity index (χ2v) is 6.03. The molecule has 0 spiro atoms. The first-order valence-electron chi connectivity index (χ1n) is 8.26. The van der Waals surface area contributed by atoms with Crippen LogP contribution < -0.4 is 10.9 Å². The number of rotatable bonds is 5. The monoisotopic (exact) mass is 324 g/mol. The molecular weight excluding hydrogens is 304 g/mol. The molecule has 24 heavy (non-hydrogen) atoms. The molecule has 0 unspecified atom stereocenters. The van der Waals surface area contributed by atoms with Gasteiger partial charge in [-0.3, -0.25) is 14.4 Å². The summed E-state index contributed by atoms with van der Waals surface area (Å²) in [6.45, 7) is 0.484. The van der Waals surface area contributed by atoms with E-state index in [1.807, 2.05) is 30.3 Å². The lowest BCUT2D eigenvalue weighted by molar-refractivity contribution is 0.0951. The number of amides is 1. The van der Waals surface area contributed by atoms with Gasteiger partial charge in [-0.2, -0.15) is 0 Å². The normalized spacial score (nSPS) is 13.4. The van der Waals surface area contributed by atoms with Crippen molar-refractivity contribution in [2.24, 2.45) is 0 Å². The molecule has 0 saturated carbocycles. The van der Waals surface area contributed by atoms with E-state index < -0.39 is 11.5 Å². The summed E-state index contributed by atoms with van der Waals surface area (Å²) in [5, 5.41) is 2.76. The molecule has 0 fully saturated rings. The molecule has 1 aliphatic carbocycles. The van der Waals surface area contributed by atoms with Gasteiger partial charge in [0.1, 0.15) is 5.56 Å². The molecule has 0 atom stereocenters. The minimum atomic E-state index is -0.427. The van der Waals surface area contributed by atoms with E-state index in [0.717, 1.165) is 19.3 Å². The lowest BCUT2D eigenvalue weighted by Gasteiger charge is -2.15. The first kappa shape index (κ1) is 16.2. The molecule has 1 aromatic carbocycles. The van der Waals surface area contributed by atoms with Gasteiger partial charge in [-0.25, -0.2) is 0 Å². The molecule has 1 aliphatic rings. The van der Waals surface area contributed by atoms with Crippen LogP contribution >= 0.6 is 0 Å². The number of carbonyl (C=O) groups excluding carboxylic acids is 2. The molecular formula is C19H20N2O3. The maximum absolute atomic E-state index is 12.2. The van der Waals surface area contributed by atoms with E-state index in [1.54, 1.807) is 0 Å². The Morgan fingerprint density at radius 3 is 2.71 bits per heavy atom. The van der Waals surface area contributed by atoms with E-state index in [-0.39, 0.29) is 11.3 Å². The van der Waals surface area contributed by atoms with Gasteiger partial charge < -0.3 is 10.3 Å². The topological polar surface area (TPSA) is 79.0 Å². The molecule has 2 aromatic rings. The van der Waals surface area contributed by atoms with Gasteiger partial charge in [-0.1, -0.05) is 30.3 Å². The third kappa shape index (κ3) is 3.62. The Bertz CT molecular complexity index is 809. The van der Waals surface area contributed by atoms with Gasteiger partial charge in [-0.15, -0.1) is 0 Å². The predicted octanol–water partition coefficient (Wildman–Crippen LogP) is 2.26. The number of benzene rings is 1. The molecule has 3 rings (SSSR count). The summed E-state index contributed by atoms with van der Waals surface area (Å²) >= 11 is 0. The Hall–Kier alpha value is -2.69. The lowest BCUT2D eigenvalue weighted by atomic mass is 9.93. The van der Waals surface area contributed by atoms with Crippen molar-refractivity contribution in [1.82, 2.24) is 10.3 Å². The smallest absolute Gasteiger partial charge is 0.261 e. The van der Waals surface area contributed by atoms with Gasteiger partial charge in [0.2, 0.25) is 0 Å². The minimum absolute atomic E-state index is 0.00868. The Kier molecular flexibility index (Phi) is 4.89. The van der Waals surface area contributed by atoms with Crippen LogP contribution in [0.3, 0.4) is 0 Å². The highest BCUT2D eigenvalue weighted by Gasteiger charge is 2.21. The number of hydrogen-bond acceptors (Lipinski definition) is 3. The van der Waals surface area contributed by atoms with Crippen LogP contribution in [-0.2, 0) is 12.8 Å². The Balaban J connectivity index is 1.62. The number of pyridine rings is 1. The van der Waals surface area contributed by atoms with Gasteiger partial charge >= 0.3 is 0 Å². The highest BCUT2D eigenvalue weighted by molar-refractivity contribution is 6.01. The summed E-state index contributed by atoms with van der Waals surface area (Å²) in [4.78, 5) is 38.9. The molecule has 0 bridgehead atoms. The van der Waals surface area contributed by atoms with Crippen molar-refractivity contribution in [3.8, 4) is 0 Å². The molecule has 1 aromatic heterocycles. The predicted molar refractivity (Wildman–Crippen MR) is 91.4 cm³/mol. The van der Waals surface area contributed by atoms with Crippen molar-refractivity contribution < 1.29 is 9.59 Å². The molecule has 124 valence electrons. The zero-order chi connectivity index (χ0) is 16.9. The van der Waals surface area contributed by atoms with Gasteiger partial charge in [-0.05, 0) is 37.3 Å². The number of ketones is 1. The fourth-order valence-electron chi connectivity index (χ4n) is 2.98. The zero-order valence-electron chi connectivity index (χ0n) is 13.4. The molecule has 1 amide bonds. The summed E-state index contributed by atoms with van der Waals surface area (Å²) in [5.41, 5.74) is 1.93. The number of aromatic nitrogens is 1. The second kappa shape index (κ2) is 7.25. The SMILES string of the molecule is O=C1CCCc2[nH]c(=O)c(C(=O)NCCCc3ccccc3)cc21. The van der Waals surface area contributed by atoms with Crippen LogP contribution in [0.2, 0.25) is 0 Å². The van der Waals surface area contributed by atoms with Gasteiger partial charge in [0, 0.05) is 24.2 Å². The number of H-pyrrole nitrogens is 1. The number of carbonyl (C=O) groups is 2. The molecule has 5 nitrogen and oxygen atoms in total. The minimum Gasteiger partial charge on any atom is -0.352 e.